The lowest BCUT2D eigenvalue weighted by molar-refractivity contribution is 0.0365. The highest BCUT2D eigenvalue weighted by Crippen LogP contribution is 2.25. The lowest BCUT2D eigenvalue weighted by Gasteiger charge is -2.28. The monoisotopic (exact) mass is 451 g/mol. The summed E-state index contributed by atoms with van der Waals surface area (Å²) in [7, 11) is 1.64. The fourth-order valence-corrected chi connectivity index (χ4v) is 3.59. The first kappa shape index (κ1) is 22.7. The van der Waals surface area contributed by atoms with Crippen LogP contribution in [-0.4, -0.2) is 62.3 Å². The van der Waals surface area contributed by atoms with Gasteiger partial charge in [-0.25, -0.2) is 4.79 Å². The standard InChI is InChI=1S/C22H27Cl2N3O3/c1-29-19-6-3-17(4-7-19)16-27(10-2-9-26-11-13-30-14-12-26)22(28)25-18-5-8-20(23)21(24)15-18/h3-8,15H,2,9-14,16H2,1H3,(H,25,28). The molecule has 0 radical (unpaired) electrons. The molecule has 0 bridgehead atoms. The van der Waals surface area contributed by atoms with E-state index in [9.17, 15) is 4.79 Å². The highest BCUT2D eigenvalue weighted by atomic mass is 35.5. The predicted molar refractivity (Wildman–Crippen MR) is 121 cm³/mol. The van der Waals surface area contributed by atoms with Gasteiger partial charge in [-0.2, -0.15) is 0 Å². The number of urea groups is 1. The number of carbonyl (C=O) groups is 1. The van der Waals surface area contributed by atoms with Gasteiger partial charge in [-0.1, -0.05) is 35.3 Å². The van der Waals surface area contributed by atoms with E-state index in [1.54, 1.807) is 25.3 Å². The maximum atomic E-state index is 13.0. The zero-order valence-corrected chi connectivity index (χ0v) is 18.6. The first-order valence-electron chi connectivity index (χ1n) is 9.99. The minimum absolute atomic E-state index is 0.175. The Kier molecular flexibility index (Phi) is 8.63. The molecule has 162 valence electrons. The van der Waals surface area contributed by atoms with E-state index in [-0.39, 0.29) is 6.03 Å². The first-order valence-corrected chi connectivity index (χ1v) is 10.7. The number of methoxy groups -OCH3 is 1. The summed E-state index contributed by atoms with van der Waals surface area (Å²) in [5.41, 5.74) is 1.65. The molecular formula is C22H27Cl2N3O3. The summed E-state index contributed by atoms with van der Waals surface area (Å²) in [6.07, 6.45) is 0.880. The largest absolute Gasteiger partial charge is 0.497 e. The second-order valence-electron chi connectivity index (χ2n) is 7.14. The van der Waals surface area contributed by atoms with Gasteiger partial charge < -0.3 is 19.7 Å². The lowest BCUT2D eigenvalue weighted by atomic mass is 10.2. The van der Waals surface area contributed by atoms with Crippen molar-refractivity contribution < 1.29 is 14.3 Å². The number of carbonyl (C=O) groups excluding carboxylic acids is 1. The van der Waals surface area contributed by atoms with Gasteiger partial charge in [-0.15, -0.1) is 0 Å². The highest BCUT2D eigenvalue weighted by molar-refractivity contribution is 6.42. The summed E-state index contributed by atoms with van der Waals surface area (Å²) in [6.45, 7) is 5.49. The minimum atomic E-state index is -0.175. The van der Waals surface area contributed by atoms with Crippen molar-refractivity contribution in [1.82, 2.24) is 9.80 Å². The molecule has 0 unspecified atom stereocenters. The van der Waals surface area contributed by atoms with Crippen molar-refractivity contribution in [3.8, 4) is 5.75 Å². The number of hydrogen-bond donors (Lipinski definition) is 1. The van der Waals surface area contributed by atoms with Gasteiger partial charge in [-0.3, -0.25) is 4.90 Å². The molecule has 0 atom stereocenters. The van der Waals surface area contributed by atoms with E-state index in [2.05, 4.69) is 10.2 Å². The topological polar surface area (TPSA) is 54.0 Å². The van der Waals surface area contributed by atoms with Gasteiger partial charge in [0.15, 0.2) is 0 Å². The van der Waals surface area contributed by atoms with Gasteiger partial charge in [0, 0.05) is 38.4 Å². The lowest BCUT2D eigenvalue weighted by Crippen LogP contribution is -2.40. The van der Waals surface area contributed by atoms with Crippen LogP contribution in [0.3, 0.4) is 0 Å². The van der Waals surface area contributed by atoms with Crippen molar-refractivity contribution in [3.05, 3.63) is 58.1 Å². The number of amides is 2. The van der Waals surface area contributed by atoms with Crippen molar-refractivity contribution in [2.24, 2.45) is 0 Å². The number of nitrogens with zero attached hydrogens (tertiary/aromatic N) is 2. The van der Waals surface area contributed by atoms with E-state index < -0.39 is 0 Å². The molecule has 1 N–H and O–H groups in total. The molecule has 6 nitrogen and oxygen atoms in total. The SMILES string of the molecule is COc1ccc(CN(CCCN2CCOCC2)C(=O)Nc2ccc(Cl)c(Cl)c2)cc1. The van der Waals surface area contributed by atoms with Crippen LogP contribution in [0.4, 0.5) is 10.5 Å². The highest BCUT2D eigenvalue weighted by Gasteiger charge is 2.16. The van der Waals surface area contributed by atoms with E-state index in [0.29, 0.717) is 28.8 Å². The fourth-order valence-electron chi connectivity index (χ4n) is 3.29. The average Bonchev–Trinajstić information content (AvgIpc) is 2.77. The van der Waals surface area contributed by atoms with Crippen molar-refractivity contribution in [2.45, 2.75) is 13.0 Å². The summed E-state index contributed by atoms with van der Waals surface area (Å²) in [4.78, 5) is 17.2. The van der Waals surface area contributed by atoms with E-state index >= 15 is 0 Å². The molecule has 2 aromatic rings. The average molecular weight is 452 g/mol. The van der Waals surface area contributed by atoms with Gasteiger partial charge >= 0.3 is 6.03 Å². The summed E-state index contributed by atoms with van der Waals surface area (Å²) in [6, 6.07) is 12.6. The van der Waals surface area contributed by atoms with Crippen molar-refractivity contribution in [1.29, 1.82) is 0 Å². The number of benzene rings is 2. The maximum absolute atomic E-state index is 13.0. The smallest absolute Gasteiger partial charge is 0.322 e. The molecule has 1 saturated heterocycles. The number of morpholine rings is 1. The molecule has 8 heteroatoms. The fraction of sp³-hybridized carbons (Fsp3) is 0.409. The number of rotatable bonds is 8. The van der Waals surface area contributed by atoms with Crippen molar-refractivity contribution >= 4 is 34.9 Å². The number of halogens is 2. The Labute approximate surface area is 187 Å². The van der Waals surface area contributed by atoms with Crippen LogP contribution in [0.25, 0.3) is 0 Å². The first-order chi connectivity index (χ1) is 14.5. The molecule has 0 aliphatic carbocycles. The van der Waals surface area contributed by atoms with E-state index in [1.807, 2.05) is 29.2 Å². The molecule has 1 aliphatic heterocycles. The summed E-state index contributed by atoms with van der Waals surface area (Å²) >= 11 is 12.1. The Morgan fingerprint density at radius 1 is 1.13 bits per heavy atom. The molecule has 3 rings (SSSR count). The number of ether oxygens (including phenoxy) is 2. The van der Waals surface area contributed by atoms with Crippen molar-refractivity contribution in [3.63, 3.8) is 0 Å². The number of anilines is 1. The Morgan fingerprint density at radius 2 is 1.87 bits per heavy atom. The molecule has 1 fully saturated rings. The van der Waals surface area contributed by atoms with Crippen molar-refractivity contribution in [2.75, 3.05) is 51.8 Å². The van der Waals surface area contributed by atoms with Crippen LogP contribution < -0.4 is 10.1 Å². The van der Waals surface area contributed by atoms with Crippen LogP contribution in [0.2, 0.25) is 10.0 Å². The molecule has 2 aromatic carbocycles. The van der Waals surface area contributed by atoms with Gasteiger partial charge in [0.2, 0.25) is 0 Å². The van der Waals surface area contributed by atoms with Crippen LogP contribution in [0, 0.1) is 0 Å². The number of hydrogen-bond acceptors (Lipinski definition) is 4. The van der Waals surface area contributed by atoms with Gasteiger partial charge in [0.05, 0.1) is 30.4 Å². The molecule has 1 aliphatic rings. The molecule has 0 aromatic heterocycles. The van der Waals surface area contributed by atoms with Crippen LogP contribution in [0.5, 0.6) is 5.75 Å². The predicted octanol–water partition coefficient (Wildman–Crippen LogP) is 4.76. The molecule has 2 amide bonds. The maximum Gasteiger partial charge on any atom is 0.322 e. The summed E-state index contributed by atoms with van der Waals surface area (Å²) < 4.78 is 10.6. The van der Waals surface area contributed by atoms with E-state index in [4.69, 9.17) is 32.7 Å². The van der Waals surface area contributed by atoms with Crippen LogP contribution in [0.1, 0.15) is 12.0 Å². The number of nitrogens with one attached hydrogen (secondary N) is 1. The minimum Gasteiger partial charge on any atom is -0.497 e. The zero-order valence-electron chi connectivity index (χ0n) is 17.1. The van der Waals surface area contributed by atoms with Crippen LogP contribution >= 0.6 is 23.2 Å². The third-order valence-electron chi connectivity index (χ3n) is 5.00. The normalized spacial score (nSPS) is 14.4. The Balaban J connectivity index is 1.64. The Morgan fingerprint density at radius 3 is 2.53 bits per heavy atom. The Hall–Kier alpha value is -1.99. The third-order valence-corrected chi connectivity index (χ3v) is 5.74. The zero-order chi connectivity index (χ0) is 21.3. The Bertz CT molecular complexity index is 827. The molecule has 0 spiro atoms. The van der Waals surface area contributed by atoms with E-state index in [0.717, 1.165) is 50.6 Å². The second-order valence-corrected chi connectivity index (χ2v) is 7.95. The van der Waals surface area contributed by atoms with Gasteiger partial charge in [-0.05, 0) is 42.3 Å². The van der Waals surface area contributed by atoms with Crippen LogP contribution in [0.15, 0.2) is 42.5 Å². The van der Waals surface area contributed by atoms with Gasteiger partial charge in [0.25, 0.3) is 0 Å². The summed E-state index contributed by atoms with van der Waals surface area (Å²) in [5, 5.41) is 3.79. The molecule has 0 saturated carbocycles. The molecule has 30 heavy (non-hydrogen) atoms. The third kappa shape index (κ3) is 6.77. The van der Waals surface area contributed by atoms with Crippen LogP contribution in [-0.2, 0) is 11.3 Å². The van der Waals surface area contributed by atoms with E-state index in [1.165, 1.54) is 0 Å². The molecule has 1 heterocycles. The summed E-state index contributed by atoms with van der Waals surface area (Å²) in [5.74, 6) is 0.790. The van der Waals surface area contributed by atoms with Gasteiger partial charge in [0.1, 0.15) is 5.75 Å². The molecular weight excluding hydrogens is 425 g/mol. The quantitative estimate of drug-likeness (QED) is 0.628. The second kappa shape index (κ2) is 11.4.